The van der Waals surface area contributed by atoms with Gasteiger partial charge in [-0.3, -0.25) is 0 Å². The molecule has 94 valence electrons. The summed E-state index contributed by atoms with van der Waals surface area (Å²) in [5, 5.41) is 2.84. The van der Waals surface area contributed by atoms with E-state index in [1.165, 1.54) is 12.1 Å². The number of hydrogen-bond donors (Lipinski definition) is 1. The molecule has 0 bridgehead atoms. The van der Waals surface area contributed by atoms with Crippen molar-refractivity contribution in [3.8, 4) is 11.6 Å². The van der Waals surface area contributed by atoms with Gasteiger partial charge in [0.05, 0.1) is 4.47 Å². The second-order valence-corrected chi connectivity index (χ2v) is 4.45. The van der Waals surface area contributed by atoms with Gasteiger partial charge < -0.3 is 10.1 Å². The van der Waals surface area contributed by atoms with Gasteiger partial charge in [0.15, 0.2) is 0 Å². The molecule has 0 aliphatic carbocycles. The average molecular weight is 312 g/mol. The minimum absolute atomic E-state index is 0.336. The molecule has 1 N–H and O–H groups in total. The lowest BCUT2D eigenvalue weighted by Crippen LogP contribution is -1.99. The minimum Gasteiger partial charge on any atom is -0.439 e. The van der Waals surface area contributed by atoms with E-state index in [0.29, 0.717) is 22.1 Å². The van der Waals surface area contributed by atoms with Gasteiger partial charge in [-0.15, -0.1) is 0 Å². The van der Waals surface area contributed by atoms with Crippen LogP contribution in [0, 0.1) is 12.7 Å². The zero-order valence-electron chi connectivity index (χ0n) is 9.87. The maximum atomic E-state index is 13.1. The molecule has 0 atom stereocenters. The summed E-state index contributed by atoms with van der Waals surface area (Å²) in [6.07, 6.45) is 0. The van der Waals surface area contributed by atoms with Crippen LogP contribution in [0.5, 0.6) is 11.6 Å². The van der Waals surface area contributed by atoms with E-state index in [0.717, 1.165) is 5.69 Å². The van der Waals surface area contributed by atoms with Gasteiger partial charge in [0.1, 0.15) is 11.6 Å². The van der Waals surface area contributed by atoms with Gasteiger partial charge in [-0.25, -0.2) is 9.37 Å². The first-order valence-electron chi connectivity index (χ1n) is 5.25. The van der Waals surface area contributed by atoms with Gasteiger partial charge >= 0.3 is 0 Å². The molecule has 18 heavy (non-hydrogen) atoms. The van der Waals surface area contributed by atoms with Crippen molar-refractivity contribution in [2.45, 2.75) is 6.92 Å². The van der Waals surface area contributed by atoms with E-state index in [2.05, 4.69) is 31.2 Å². The first-order chi connectivity index (χ1) is 8.58. The highest BCUT2D eigenvalue weighted by molar-refractivity contribution is 9.10. The molecule has 4 nitrogen and oxygen atoms in total. The summed E-state index contributed by atoms with van der Waals surface area (Å²) in [6, 6.07) is 6.12. The molecule has 6 heteroatoms. The predicted octanol–water partition coefficient (Wildman–Crippen LogP) is 3.52. The molecule has 0 saturated carbocycles. The number of hydrogen-bond acceptors (Lipinski definition) is 4. The molecule has 0 fully saturated rings. The van der Waals surface area contributed by atoms with Crippen molar-refractivity contribution in [2.24, 2.45) is 0 Å². The molecule has 0 spiro atoms. The third-order valence-corrected chi connectivity index (χ3v) is 2.78. The van der Waals surface area contributed by atoms with E-state index in [-0.39, 0.29) is 5.82 Å². The summed E-state index contributed by atoms with van der Waals surface area (Å²) in [6.45, 7) is 1.84. The normalized spacial score (nSPS) is 10.2. The lowest BCUT2D eigenvalue weighted by molar-refractivity contribution is 0.459. The van der Waals surface area contributed by atoms with Crippen molar-refractivity contribution < 1.29 is 9.13 Å². The van der Waals surface area contributed by atoms with Crippen molar-refractivity contribution in [3.05, 3.63) is 40.2 Å². The lowest BCUT2D eigenvalue weighted by Gasteiger charge is -2.07. The van der Waals surface area contributed by atoms with Crippen LogP contribution in [0.1, 0.15) is 5.69 Å². The SMILES string of the molecule is CNc1nc(C)cc(Oc2ccc(F)c(Br)c2)n1. The highest BCUT2D eigenvalue weighted by atomic mass is 79.9. The zero-order chi connectivity index (χ0) is 13.1. The summed E-state index contributed by atoms with van der Waals surface area (Å²) in [5.74, 6) is 1.05. The molecule has 0 radical (unpaired) electrons. The molecule has 0 unspecified atom stereocenters. The molecule has 1 aromatic carbocycles. The Morgan fingerprint density at radius 1 is 1.28 bits per heavy atom. The summed E-state index contributed by atoms with van der Waals surface area (Å²) in [4.78, 5) is 8.30. The monoisotopic (exact) mass is 311 g/mol. The van der Waals surface area contributed by atoms with Gasteiger partial charge in [-0.1, -0.05) is 0 Å². The van der Waals surface area contributed by atoms with Gasteiger partial charge in [0.25, 0.3) is 0 Å². The van der Waals surface area contributed by atoms with Crippen LogP contribution < -0.4 is 10.1 Å². The zero-order valence-corrected chi connectivity index (χ0v) is 11.5. The maximum Gasteiger partial charge on any atom is 0.225 e. The molecular formula is C12H11BrFN3O. The number of aromatic nitrogens is 2. The minimum atomic E-state index is -0.336. The Hall–Kier alpha value is -1.69. The topological polar surface area (TPSA) is 47.0 Å². The fourth-order valence-electron chi connectivity index (χ4n) is 1.36. The Morgan fingerprint density at radius 2 is 2.06 bits per heavy atom. The van der Waals surface area contributed by atoms with E-state index in [9.17, 15) is 4.39 Å². The van der Waals surface area contributed by atoms with E-state index in [1.807, 2.05) is 6.92 Å². The number of nitrogens with zero attached hydrogens (tertiary/aromatic N) is 2. The summed E-state index contributed by atoms with van der Waals surface area (Å²) in [5.41, 5.74) is 0.783. The number of aryl methyl sites for hydroxylation is 1. The average Bonchev–Trinajstić information content (AvgIpc) is 2.33. The highest BCUT2D eigenvalue weighted by Gasteiger charge is 2.05. The lowest BCUT2D eigenvalue weighted by atomic mass is 10.3. The van der Waals surface area contributed by atoms with Crippen molar-refractivity contribution >= 4 is 21.9 Å². The second-order valence-electron chi connectivity index (χ2n) is 3.60. The molecule has 2 aromatic rings. The molecular weight excluding hydrogens is 301 g/mol. The number of nitrogens with one attached hydrogen (secondary N) is 1. The van der Waals surface area contributed by atoms with Crippen LogP contribution >= 0.6 is 15.9 Å². The second kappa shape index (κ2) is 5.30. The summed E-state index contributed by atoms with van der Waals surface area (Å²) >= 11 is 3.10. The Bertz CT molecular complexity index is 577. The number of ether oxygens (including phenoxy) is 1. The van der Waals surface area contributed by atoms with E-state index >= 15 is 0 Å². The smallest absolute Gasteiger partial charge is 0.225 e. The van der Waals surface area contributed by atoms with Crippen molar-refractivity contribution in [1.82, 2.24) is 9.97 Å². The molecule has 1 heterocycles. The first kappa shape index (κ1) is 12.8. The Morgan fingerprint density at radius 3 is 2.72 bits per heavy atom. The number of benzene rings is 1. The van der Waals surface area contributed by atoms with E-state index < -0.39 is 0 Å². The van der Waals surface area contributed by atoms with E-state index in [1.54, 1.807) is 19.2 Å². The Kier molecular flexibility index (Phi) is 3.76. The fourth-order valence-corrected chi connectivity index (χ4v) is 1.72. The molecule has 0 aliphatic rings. The Labute approximate surface area is 112 Å². The third kappa shape index (κ3) is 2.95. The van der Waals surface area contributed by atoms with Gasteiger partial charge in [0, 0.05) is 18.8 Å². The molecule has 0 aliphatic heterocycles. The molecule has 1 aromatic heterocycles. The molecule has 0 amide bonds. The van der Waals surface area contributed by atoms with Crippen molar-refractivity contribution in [1.29, 1.82) is 0 Å². The maximum absolute atomic E-state index is 13.1. The molecule has 0 saturated heterocycles. The van der Waals surface area contributed by atoms with Crippen LogP contribution in [-0.2, 0) is 0 Å². The van der Waals surface area contributed by atoms with Crippen LogP contribution in [0.25, 0.3) is 0 Å². The van der Waals surface area contributed by atoms with Crippen LogP contribution in [0.4, 0.5) is 10.3 Å². The van der Waals surface area contributed by atoms with Crippen molar-refractivity contribution in [2.75, 3.05) is 12.4 Å². The fraction of sp³-hybridized carbons (Fsp3) is 0.167. The predicted molar refractivity (Wildman–Crippen MR) is 70.5 cm³/mol. The highest BCUT2D eigenvalue weighted by Crippen LogP contribution is 2.26. The number of anilines is 1. The van der Waals surface area contributed by atoms with Gasteiger partial charge in [-0.2, -0.15) is 4.98 Å². The van der Waals surface area contributed by atoms with Crippen LogP contribution in [0.15, 0.2) is 28.7 Å². The van der Waals surface area contributed by atoms with Crippen LogP contribution in [0.2, 0.25) is 0 Å². The van der Waals surface area contributed by atoms with Crippen molar-refractivity contribution in [3.63, 3.8) is 0 Å². The quantitative estimate of drug-likeness (QED) is 0.942. The summed E-state index contributed by atoms with van der Waals surface area (Å²) in [7, 11) is 1.73. The van der Waals surface area contributed by atoms with Crippen LogP contribution in [0.3, 0.4) is 0 Å². The van der Waals surface area contributed by atoms with Gasteiger partial charge in [0.2, 0.25) is 11.8 Å². The Balaban J connectivity index is 2.27. The van der Waals surface area contributed by atoms with Gasteiger partial charge in [-0.05, 0) is 41.1 Å². The number of rotatable bonds is 3. The summed E-state index contributed by atoms with van der Waals surface area (Å²) < 4.78 is 19.0. The third-order valence-electron chi connectivity index (χ3n) is 2.17. The molecule has 2 rings (SSSR count). The standard InChI is InChI=1S/C12H11BrFN3O/c1-7-5-11(17-12(15-2)16-7)18-8-3-4-10(14)9(13)6-8/h3-6H,1-2H3,(H,15,16,17). The largest absolute Gasteiger partial charge is 0.439 e. The van der Waals surface area contributed by atoms with E-state index in [4.69, 9.17) is 4.74 Å². The first-order valence-corrected chi connectivity index (χ1v) is 6.04. The number of halogens is 2. The van der Waals surface area contributed by atoms with Crippen LogP contribution in [-0.4, -0.2) is 17.0 Å².